The molecular weight excluding hydrogens is 294 g/mol. The van der Waals surface area contributed by atoms with Crippen molar-refractivity contribution >= 4 is 21.6 Å². The van der Waals surface area contributed by atoms with E-state index < -0.39 is 0 Å². The Morgan fingerprint density at radius 3 is 2.78 bits per heavy atom. The van der Waals surface area contributed by atoms with Gasteiger partial charge in [0.2, 0.25) is 0 Å². The molecule has 0 aliphatic rings. The van der Waals surface area contributed by atoms with Crippen molar-refractivity contribution in [3.05, 3.63) is 51.9 Å². The van der Waals surface area contributed by atoms with Crippen LogP contribution >= 0.6 is 15.9 Å². The van der Waals surface area contributed by atoms with Gasteiger partial charge in [-0.3, -0.25) is 0 Å². The standard InChI is InChI=1S/C14H16BrNO2/c1-10-6-7-11(18-10)8-16-14-5-3-4-13(15)12(14)9-17-2/h3-7,16H,8-9H2,1-2H3. The molecule has 4 heteroatoms. The Labute approximate surface area is 115 Å². The van der Waals surface area contributed by atoms with Crippen molar-refractivity contribution in [2.24, 2.45) is 0 Å². The van der Waals surface area contributed by atoms with Gasteiger partial charge in [-0.15, -0.1) is 0 Å². The lowest BCUT2D eigenvalue weighted by atomic mass is 10.2. The minimum Gasteiger partial charge on any atom is -0.465 e. The second-order valence-electron chi connectivity index (χ2n) is 4.06. The van der Waals surface area contributed by atoms with Gasteiger partial charge in [-0.05, 0) is 31.2 Å². The fraction of sp³-hybridized carbons (Fsp3) is 0.286. The molecule has 0 fully saturated rings. The van der Waals surface area contributed by atoms with Gasteiger partial charge in [0.05, 0.1) is 13.2 Å². The molecule has 0 saturated heterocycles. The third kappa shape index (κ3) is 3.15. The first-order chi connectivity index (χ1) is 8.70. The molecule has 2 aromatic rings. The van der Waals surface area contributed by atoms with Gasteiger partial charge >= 0.3 is 0 Å². The van der Waals surface area contributed by atoms with Gasteiger partial charge in [-0.25, -0.2) is 0 Å². The maximum absolute atomic E-state index is 5.53. The van der Waals surface area contributed by atoms with Crippen molar-refractivity contribution in [2.45, 2.75) is 20.1 Å². The van der Waals surface area contributed by atoms with Crippen molar-refractivity contribution in [1.29, 1.82) is 0 Å². The van der Waals surface area contributed by atoms with E-state index in [0.29, 0.717) is 13.2 Å². The van der Waals surface area contributed by atoms with E-state index in [9.17, 15) is 0 Å². The lowest BCUT2D eigenvalue weighted by Crippen LogP contribution is -2.03. The number of nitrogens with one attached hydrogen (secondary N) is 1. The molecule has 3 nitrogen and oxygen atoms in total. The molecule has 96 valence electrons. The Balaban J connectivity index is 2.11. The summed E-state index contributed by atoms with van der Waals surface area (Å²) in [5.41, 5.74) is 2.17. The number of anilines is 1. The highest BCUT2D eigenvalue weighted by atomic mass is 79.9. The summed E-state index contributed by atoms with van der Waals surface area (Å²) in [6.45, 7) is 3.18. The monoisotopic (exact) mass is 309 g/mol. The highest BCUT2D eigenvalue weighted by Crippen LogP contribution is 2.26. The smallest absolute Gasteiger partial charge is 0.123 e. The first kappa shape index (κ1) is 13.2. The number of furan rings is 1. The topological polar surface area (TPSA) is 34.4 Å². The van der Waals surface area contributed by atoms with Crippen molar-refractivity contribution in [2.75, 3.05) is 12.4 Å². The highest BCUT2D eigenvalue weighted by molar-refractivity contribution is 9.10. The van der Waals surface area contributed by atoms with Gasteiger partial charge in [0, 0.05) is 22.8 Å². The average Bonchev–Trinajstić information content (AvgIpc) is 2.76. The molecule has 0 aliphatic carbocycles. The lowest BCUT2D eigenvalue weighted by Gasteiger charge is -2.12. The number of ether oxygens (including phenoxy) is 1. The fourth-order valence-electron chi connectivity index (χ4n) is 1.78. The third-order valence-corrected chi connectivity index (χ3v) is 3.40. The molecule has 0 bridgehead atoms. The van der Waals surface area contributed by atoms with Crippen LogP contribution in [0, 0.1) is 6.92 Å². The van der Waals surface area contributed by atoms with Gasteiger partial charge in [0.15, 0.2) is 0 Å². The van der Waals surface area contributed by atoms with Gasteiger partial charge in [0.25, 0.3) is 0 Å². The molecule has 1 N–H and O–H groups in total. The maximum Gasteiger partial charge on any atom is 0.123 e. The number of aryl methyl sites for hydroxylation is 1. The van der Waals surface area contributed by atoms with Gasteiger partial charge in [-0.2, -0.15) is 0 Å². The Hall–Kier alpha value is -1.26. The summed E-state index contributed by atoms with van der Waals surface area (Å²) in [6, 6.07) is 9.99. The third-order valence-electron chi connectivity index (χ3n) is 2.66. The van der Waals surface area contributed by atoms with Crippen molar-refractivity contribution < 1.29 is 9.15 Å². The maximum atomic E-state index is 5.53. The minimum absolute atomic E-state index is 0.570. The Kier molecular flexibility index (Phi) is 4.44. The number of benzene rings is 1. The van der Waals surface area contributed by atoms with E-state index in [0.717, 1.165) is 27.2 Å². The summed E-state index contributed by atoms with van der Waals surface area (Å²) in [4.78, 5) is 0. The van der Waals surface area contributed by atoms with Gasteiger partial charge < -0.3 is 14.5 Å². The largest absolute Gasteiger partial charge is 0.465 e. The first-order valence-electron chi connectivity index (χ1n) is 5.76. The molecule has 1 heterocycles. The quantitative estimate of drug-likeness (QED) is 0.902. The van der Waals surface area contributed by atoms with Crippen LogP contribution in [0.2, 0.25) is 0 Å². The second-order valence-corrected chi connectivity index (χ2v) is 4.92. The number of rotatable bonds is 5. The molecule has 0 radical (unpaired) electrons. The van der Waals surface area contributed by atoms with E-state index in [1.54, 1.807) is 7.11 Å². The van der Waals surface area contributed by atoms with E-state index in [2.05, 4.69) is 21.2 Å². The summed E-state index contributed by atoms with van der Waals surface area (Å²) in [7, 11) is 1.69. The van der Waals surface area contributed by atoms with Crippen LogP contribution in [-0.2, 0) is 17.9 Å². The molecule has 0 saturated carbocycles. The summed E-state index contributed by atoms with van der Waals surface area (Å²) in [5.74, 6) is 1.86. The van der Waals surface area contributed by atoms with Crippen LogP contribution in [-0.4, -0.2) is 7.11 Å². The first-order valence-corrected chi connectivity index (χ1v) is 6.55. The summed E-state index contributed by atoms with van der Waals surface area (Å²) in [6.07, 6.45) is 0. The molecular formula is C14H16BrNO2. The molecule has 0 aliphatic heterocycles. The van der Waals surface area contributed by atoms with E-state index >= 15 is 0 Å². The number of methoxy groups -OCH3 is 1. The minimum atomic E-state index is 0.570. The van der Waals surface area contributed by atoms with Gasteiger partial charge in [-0.1, -0.05) is 22.0 Å². The lowest BCUT2D eigenvalue weighted by molar-refractivity contribution is 0.185. The molecule has 1 aromatic carbocycles. The second kappa shape index (κ2) is 6.07. The number of hydrogen-bond donors (Lipinski definition) is 1. The van der Waals surface area contributed by atoms with Crippen LogP contribution in [0.5, 0.6) is 0 Å². The van der Waals surface area contributed by atoms with E-state index in [1.165, 1.54) is 0 Å². The highest BCUT2D eigenvalue weighted by Gasteiger charge is 2.07. The number of halogens is 1. The van der Waals surface area contributed by atoms with Crippen molar-refractivity contribution in [3.8, 4) is 0 Å². The molecule has 0 unspecified atom stereocenters. The predicted octanol–water partition coefficient (Wildman–Crippen LogP) is 4.11. The molecule has 0 amide bonds. The van der Waals surface area contributed by atoms with Crippen LogP contribution < -0.4 is 5.32 Å². The molecule has 1 aromatic heterocycles. The summed E-state index contributed by atoms with van der Waals surface area (Å²) >= 11 is 3.54. The molecule has 0 spiro atoms. The molecule has 2 rings (SSSR count). The van der Waals surface area contributed by atoms with Crippen LogP contribution in [0.3, 0.4) is 0 Å². The molecule has 18 heavy (non-hydrogen) atoms. The normalized spacial score (nSPS) is 10.6. The zero-order chi connectivity index (χ0) is 13.0. The summed E-state index contributed by atoms with van der Waals surface area (Å²) < 4.78 is 11.8. The Morgan fingerprint density at radius 1 is 1.28 bits per heavy atom. The Bertz CT molecular complexity index is 522. The van der Waals surface area contributed by atoms with Crippen molar-refractivity contribution in [1.82, 2.24) is 0 Å². The zero-order valence-corrected chi connectivity index (χ0v) is 12.1. The predicted molar refractivity (Wildman–Crippen MR) is 75.6 cm³/mol. The Morgan fingerprint density at radius 2 is 2.11 bits per heavy atom. The zero-order valence-electron chi connectivity index (χ0n) is 10.5. The van der Waals surface area contributed by atoms with E-state index in [1.807, 2.05) is 37.3 Å². The SMILES string of the molecule is COCc1c(Br)cccc1NCc1ccc(C)o1. The van der Waals surface area contributed by atoms with Crippen LogP contribution in [0.15, 0.2) is 39.2 Å². The summed E-state index contributed by atoms with van der Waals surface area (Å²) in [5, 5.41) is 3.36. The molecule has 0 atom stereocenters. The number of hydrogen-bond acceptors (Lipinski definition) is 3. The van der Waals surface area contributed by atoms with Crippen LogP contribution in [0.4, 0.5) is 5.69 Å². The fourth-order valence-corrected chi connectivity index (χ4v) is 2.26. The van der Waals surface area contributed by atoms with Crippen molar-refractivity contribution in [3.63, 3.8) is 0 Å². The average molecular weight is 310 g/mol. The van der Waals surface area contributed by atoms with Crippen LogP contribution in [0.1, 0.15) is 17.1 Å². The van der Waals surface area contributed by atoms with E-state index in [-0.39, 0.29) is 0 Å². The van der Waals surface area contributed by atoms with Crippen LogP contribution in [0.25, 0.3) is 0 Å². The van der Waals surface area contributed by atoms with Gasteiger partial charge in [0.1, 0.15) is 11.5 Å². The van der Waals surface area contributed by atoms with E-state index in [4.69, 9.17) is 9.15 Å².